The van der Waals surface area contributed by atoms with Gasteiger partial charge in [-0.05, 0) is 37.4 Å². The number of cyclic esters (lactones) is 1. The Labute approximate surface area is 233 Å². The predicted octanol–water partition coefficient (Wildman–Crippen LogP) is 3.60. The highest BCUT2D eigenvalue weighted by Crippen LogP contribution is 2.37. The fourth-order valence-corrected chi connectivity index (χ4v) is 6.65. The van der Waals surface area contributed by atoms with Crippen LogP contribution in [0.2, 0.25) is 0 Å². The van der Waals surface area contributed by atoms with Crippen LogP contribution in [-0.4, -0.2) is 66.3 Å². The summed E-state index contributed by atoms with van der Waals surface area (Å²) >= 11 is 0. The molecule has 40 heavy (non-hydrogen) atoms. The summed E-state index contributed by atoms with van der Waals surface area (Å²) in [7, 11) is -1.51. The molecule has 3 N–H and O–H groups in total. The molecule has 1 aliphatic heterocycles. The zero-order chi connectivity index (χ0) is 28.8. The highest BCUT2D eigenvalue weighted by Gasteiger charge is 2.40. The molecule has 5 rings (SSSR count). The molecule has 0 saturated heterocycles. The highest BCUT2D eigenvalue weighted by atomic mass is 32.2. The van der Waals surface area contributed by atoms with Crippen molar-refractivity contribution in [1.82, 2.24) is 15.0 Å². The van der Waals surface area contributed by atoms with Gasteiger partial charge in [0.1, 0.15) is 23.8 Å². The quantitative estimate of drug-likeness (QED) is 0.363. The van der Waals surface area contributed by atoms with Crippen LogP contribution in [0.3, 0.4) is 0 Å². The number of pyridine rings is 3. The minimum absolute atomic E-state index is 0.0539. The smallest absolute Gasteiger partial charge is 0.340 e. The molecule has 11 nitrogen and oxygen atoms in total. The van der Waals surface area contributed by atoms with E-state index in [0.29, 0.717) is 47.0 Å². The molecule has 1 saturated carbocycles. The van der Waals surface area contributed by atoms with Crippen LogP contribution in [0.1, 0.15) is 68.1 Å². The number of carbonyl (C=O) groups is 1. The zero-order valence-corrected chi connectivity index (χ0v) is 24.1. The lowest BCUT2D eigenvalue weighted by molar-refractivity contribution is 0.0235. The Morgan fingerprint density at radius 3 is 2.60 bits per heavy atom. The van der Waals surface area contributed by atoms with Gasteiger partial charge in [-0.25, -0.2) is 28.2 Å². The number of carbonyl (C=O) groups excluding carboxylic acids is 1. The second-order valence-corrected chi connectivity index (χ2v) is 13.5. The molecule has 0 radical (unpaired) electrons. The van der Waals surface area contributed by atoms with E-state index < -0.39 is 15.4 Å². The van der Waals surface area contributed by atoms with Crippen molar-refractivity contribution >= 4 is 38.2 Å². The molecule has 1 aliphatic carbocycles. The summed E-state index contributed by atoms with van der Waals surface area (Å²) in [5.41, 5.74) is 7.65. The average Bonchev–Trinajstić information content (AvgIpc) is 2.88. The number of nitrogens with one attached hydrogen (secondary N) is 1. The molecule has 214 valence electrons. The third-order valence-electron chi connectivity index (χ3n) is 7.86. The Morgan fingerprint density at radius 2 is 1.90 bits per heavy atom. The molecule has 3 aromatic rings. The molecule has 1 fully saturated rings. The van der Waals surface area contributed by atoms with Crippen LogP contribution in [0.5, 0.6) is 5.88 Å². The van der Waals surface area contributed by atoms with Crippen molar-refractivity contribution in [2.75, 3.05) is 24.8 Å². The number of methoxy groups -OCH3 is 1. The maximum atomic E-state index is 12.3. The molecule has 3 aromatic heterocycles. The predicted molar refractivity (Wildman–Crippen MR) is 151 cm³/mol. The Bertz CT molecular complexity index is 1550. The SMILES string of the molecule is CCS(=O)(=O)C1CC(Oc2ncc([C@](C)(N)COC)c3cc(Nc4ccc5c(n4)[C@@H](C)[C@H](C)OC5=O)ncc23)C1. The van der Waals surface area contributed by atoms with Crippen LogP contribution in [0.15, 0.2) is 30.6 Å². The van der Waals surface area contributed by atoms with Gasteiger partial charge in [-0.3, -0.25) is 0 Å². The first kappa shape index (κ1) is 28.2. The minimum atomic E-state index is -3.10. The summed E-state index contributed by atoms with van der Waals surface area (Å²) in [6, 6.07) is 5.27. The molecular formula is C28H35N5O6S. The first-order chi connectivity index (χ1) is 18.9. The topological polar surface area (TPSA) is 156 Å². The van der Waals surface area contributed by atoms with Crippen molar-refractivity contribution in [3.8, 4) is 5.88 Å². The second kappa shape index (κ2) is 10.6. The van der Waals surface area contributed by atoms with Gasteiger partial charge in [-0.1, -0.05) is 13.8 Å². The Balaban J connectivity index is 1.48. The summed E-state index contributed by atoms with van der Waals surface area (Å²) < 4.78 is 41.3. The van der Waals surface area contributed by atoms with Gasteiger partial charge in [0, 0.05) is 49.6 Å². The van der Waals surface area contributed by atoms with E-state index in [-0.39, 0.29) is 41.7 Å². The summed E-state index contributed by atoms with van der Waals surface area (Å²) in [4.78, 5) is 26.1. The number of aromatic nitrogens is 3. The van der Waals surface area contributed by atoms with Crippen LogP contribution in [-0.2, 0) is 24.8 Å². The van der Waals surface area contributed by atoms with E-state index in [4.69, 9.17) is 24.9 Å². The molecule has 0 amide bonds. The van der Waals surface area contributed by atoms with E-state index in [1.165, 1.54) is 0 Å². The third-order valence-corrected chi connectivity index (χ3v) is 10.1. The van der Waals surface area contributed by atoms with E-state index in [1.54, 1.807) is 38.6 Å². The summed E-state index contributed by atoms with van der Waals surface area (Å²) in [5, 5.41) is 4.28. The third kappa shape index (κ3) is 5.23. The van der Waals surface area contributed by atoms with E-state index in [0.717, 1.165) is 10.9 Å². The van der Waals surface area contributed by atoms with Crippen LogP contribution in [0.4, 0.5) is 11.6 Å². The summed E-state index contributed by atoms with van der Waals surface area (Å²) in [6.07, 6.45) is 3.68. The lowest BCUT2D eigenvalue weighted by atomic mass is 9.91. The van der Waals surface area contributed by atoms with Crippen LogP contribution >= 0.6 is 0 Å². The van der Waals surface area contributed by atoms with Crippen molar-refractivity contribution in [3.05, 3.63) is 47.4 Å². The fraction of sp³-hybridized carbons (Fsp3) is 0.500. The first-order valence-electron chi connectivity index (χ1n) is 13.4. The molecule has 4 heterocycles. The fourth-order valence-electron chi connectivity index (χ4n) is 5.16. The van der Waals surface area contributed by atoms with Gasteiger partial charge in [0.2, 0.25) is 5.88 Å². The molecule has 0 bridgehead atoms. The van der Waals surface area contributed by atoms with E-state index in [9.17, 15) is 13.2 Å². The van der Waals surface area contributed by atoms with Gasteiger partial charge >= 0.3 is 5.97 Å². The zero-order valence-electron chi connectivity index (χ0n) is 23.3. The average molecular weight is 570 g/mol. The Morgan fingerprint density at radius 1 is 1.15 bits per heavy atom. The van der Waals surface area contributed by atoms with Crippen molar-refractivity contribution in [1.29, 1.82) is 0 Å². The van der Waals surface area contributed by atoms with Crippen LogP contribution in [0, 0.1) is 0 Å². The number of fused-ring (bicyclic) bond motifs is 2. The van der Waals surface area contributed by atoms with Gasteiger partial charge in [0.15, 0.2) is 9.84 Å². The van der Waals surface area contributed by atoms with Crippen molar-refractivity contribution in [2.24, 2.45) is 5.73 Å². The van der Waals surface area contributed by atoms with Crippen molar-refractivity contribution in [2.45, 2.75) is 69.5 Å². The molecular weight excluding hydrogens is 534 g/mol. The van der Waals surface area contributed by atoms with Gasteiger partial charge in [-0.15, -0.1) is 0 Å². The number of rotatable bonds is 9. The molecule has 0 spiro atoms. The summed E-state index contributed by atoms with van der Waals surface area (Å²) in [6.45, 7) is 7.60. The number of hydrogen-bond donors (Lipinski definition) is 2. The number of anilines is 2. The highest BCUT2D eigenvalue weighted by molar-refractivity contribution is 7.92. The van der Waals surface area contributed by atoms with Gasteiger partial charge < -0.3 is 25.3 Å². The van der Waals surface area contributed by atoms with E-state index >= 15 is 0 Å². The molecule has 2 aliphatic rings. The minimum Gasteiger partial charge on any atom is -0.474 e. The summed E-state index contributed by atoms with van der Waals surface area (Å²) in [5.74, 6) is 1.12. The number of sulfone groups is 1. The molecule has 3 atom stereocenters. The largest absolute Gasteiger partial charge is 0.474 e. The number of nitrogens with two attached hydrogens (primary N) is 1. The van der Waals surface area contributed by atoms with E-state index in [2.05, 4.69) is 15.3 Å². The van der Waals surface area contributed by atoms with Crippen LogP contribution in [0.25, 0.3) is 10.8 Å². The van der Waals surface area contributed by atoms with E-state index in [1.807, 2.05) is 26.8 Å². The lowest BCUT2D eigenvalue weighted by Gasteiger charge is -2.34. The maximum Gasteiger partial charge on any atom is 0.340 e. The van der Waals surface area contributed by atoms with Crippen LogP contribution < -0.4 is 15.8 Å². The number of hydrogen-bond acceptors (Lipinski definition) is 11. The van der Waals surface area contributed by atoms with Crippen molar-refractivity contribution < 1.29 is 27.4 Å². The lowest BCUT2D eigenvalue weighted by Crippen LogP contribution is -2.43. The maximum absolute atomic E-state index is 12.3. The molecule has 12 heteroatoms. The number of esters is 1. The first-order valence-corrected chi connectivity index (χ1v) is 15.1. The second-order valence-electron chi connectivity index (χ2n) is 10.9. The number of ether oxygens (including phenoxy) is 3. The molecule has 0 unspecified atom stereocenters. The van der Waals surface area contributed by atoms with Gasteiger partial charge in [-0.2, -0.15) is 0 Å². The van der Waals surface area contributed by atoms with Gasteiger partial charge in [0.05, 0.1) is 34.0 Å². The monoisotopic (exact) mass is 569 g/mol. The van der Waals surface area contributed by atoms with Gasteiger partial charge in [0.25, 0.3) is 0 Å². The Kier molecular flexibility index (Phi) is 7.45. The number of nitrogens with zero attached hydrogens (tertiary/aromatic N) is 3. The Hall–Kier alpha value is -3.35. The standard InChI is InChI=1S/C28H35N5O6S/c1-6-40(35,36)18-9-17(10-18)39-26-21-12-30-24(11-20(21)22(13-31-26)28(4,29)14-37-5)32-23-8-7-19-25(33-23)15(2)16(3)38-27(19)34/h7-8,11-13,15-18H,6,9-10,14,29H2,1-5H3,(H,30,32,33)/t15-,16-,17?,18?,28+/m0/s1. The normalized spacial score (nSPS) is 24.0. The molecule has 0 aromatic carbocycles. The van der Waals surface area contributed by atoms with Crippen molar-refractivity contribution in [3.63, 3.8) is 0 Å².